The van der Waals surface area contributed by atoms with Gasteiger partial charge in [-0.1, -0.05) is 0 Å². The average Bonchev–Trinajstić information content (AvgIpc) is 3.67. The fourth-order valence-corrected chi connectivity index (χ4v) is 5.23. The molecule has 12 nitrogen and oxygen atoms in total. The fourth-order valence-electron chi connectivity index (χ4n) is 5.23. The zero-order valence-corrected chi connectivity index (χ0v) is 20.7. The average molecular weight is 518 g/mol. The van der Waals surface area contributed by atoms with Gasteiger partial charge in [0.05, 0.1) is 46.6 Å². The predicted octanol–water partition coefficient (Wildman–Crippen LogP) is 2.59. The van der Waals surface area contributed by atoms with Crippen LogP contribution in [0, 0.1) is 5.92 Å². The summed E-state index contributed by atoms with van der Waals surface area (Å²) in [6.07, 6.45) is -1.59. The van der Waals surface area contributed by atoms with Gasteiger partial charge in [0.1, 0.15) is 5.75 Å². The molecule has 4 aliphatic rings. The number of hydrogen-bond donors (Lipinski definition) is 0. The largest absolute Gasteiger partial charge is 0.496 e. The van der Waals surface area contributed by atoms with Crippen LogP contribution >= 0.6 is 0 Å². The number of methoxy groups -OCH3 is 3. The van der Waals surface area contributed by atoms with E-state index in [0.717, 1.165) is 0 Å². The maximum atomic E-state index is 12.3. The second kappa shape index (κ2) is 8.96. The summed E-state index contributed by atoms with van der Waals surface area (Å²) in [6, 6.07) is 5.20. The van der Waals surface area contributed by atoms with Crippen molar-refractivity contribution in [1.29, 1.82) is 0 Å². The van der Waals surface area contributed by atoms with Gasteiger partial charge < -0.3 is 52.1 Å². The van der Waals surface area contributed by atoms with E-state index in [1.54, 1.807) is 19.2 Å². The van der Waals surface area contributed by atoms with Gasteiger partial charge in [-0.25, -0.2) is 0 Å². The third-order valence-electron chi connectivity index (χ3n) is 6.86. The first-order valence-electron chi connectivity index (χ1n) is 11.6. The van der Waals surface area contributed by atoms with Crippen LogP contribution in [0.3, 0.4) is 0 Å². The van der Waals surface area contributed by atoms with Gasteiger partial charge in [-0.3, -0.25) is 4.79 Å². The number of carbonyl (C=O) groups excluding carboxylic acids is 1. The van der Waals surface area contributed by atoms with Crippen molar-refractivity contribution < 1.29 is 56.9 Å². The number of rotatable bonds is 7. The smallest absolute Gasteiger partial charge is 0.303 e. The lowest BCUT2D eigenvalue weighted by atomic mass is 9.85. The Morgan fingerprint density at radius 2 is 1.57 bits per heavy atom. The molecular formula is C25H26O12. The molecule has 0 unspecified atom stereocenters. The Bertz CT molecular complexity index is 1230. The minimum Gasteiger partial charge on any atom is -0.496 e. The summed E-state index contributed by atoms with van der Waals surface area (Å²) in [4.78, 5) is 12.3. The van der Waals surface area contributed by atoms with Gasteiger partial charge >= 0.3 is 5.97 Å². The van der Waals surface area contributed by atoms with Gasteiger partial charge in [0, 0.05) is 24.6 Å². The molecule has 4 heterocycles. The van der Waals surface area contributed by atoms with Crippen LogP contribution < -0.4 is 37.9 Å². The van der Waals surface area contributed by atoms with Gasteiger partial charge in [0.15, 0.2) is 23.0 Å². The minimum absolute atomic E-state index is 0.0133. The highest BCUT2D eigenvalue weighted by Gasteiger charge is 2.65. The first-order chi connectivity index (χ1) is 18.0. The summed E-state index contributed by atoms with van der Waals surface area (Å²) in [7, 11) is 4.53. The topological polar surface area (TPSA) is 119 Å². The van der Waals surface area contributed by atoms with Crippen LogP contribution in [-0.4, -0.2) is 66.0 Å². The van der Waals surface area contributed by atoms with E-state index in [4.69, 9.17) is 52.1 Å². The van der Waals surface area contributed by atoms with E-state index in [1.807, 2.05) is 6.07 Å². The molecule has 0 aromatic heterocycles. The van der Waals surface area contributed by atoms with Crippen LogP contribution in [0.15, 0.2) is 18.2 Å². The molecule has 4 aliphatic heterocycles. The zero-order valence-electron chi connectivity index (χ0n) is 20.7. The molecule has 12 heteroatoms. The summed E-state index contributed by atoms with van der Waals surface area (Å²) in [6.45, 7) is 1.67. The number of fused-ring (bicyclic) bond motifs is 3. The molecule has 0 radical (unpaired) electrons. The van der Waals surface area contributed by atoms with E-state index >= 15 is 0 Å². The van der Waals surface area contributed by atoms with E-state index < -0.39 is 29.9 Å². The van der Waals surface area contributed by atoms with E-state index in [9.17, 15) is 4.79 Å². The maximum Gasteiger partial charge on any atom is 0.303 e. The van der Waals surface area contributed by atoms with Gasteiger partial charge in [0.25, 0.3) is 0 Å². The van der Waals surface area contributed by atoms with Crippen LogP contribution in [-0.2, 0) is 19.0 Å². The third kappa shape index (κ3) is 3.62. The molecule has 2 aromatic rings. The lowest BCUT2D eigenvalue weighted by molar-refractivity contribution is -0.191. The van der Waals surface area contributed by atoms with Crippen molar-refractivity contribution in [2.75, 3.05) is 48.1 Å². The number of hydrogen-bond acceptors (Lipinski definition) is 12. The molecule has 0 spiro atoms. The standard InChI is InChI=1S/C25H26O12/c1-12(26)37-25-9-31-20(13-5-16-17(33-10-32-16)6-15(13)27-2)14(25)8-30-24(25)36-22-18(28-3)7-19-21(23(22)29-4)35-11-34-19/h5-7,14,20,24H,8-11H2,1-4H3/t14-,20-,24-,25-/m0/s1. The normalized spacial score (nSPS) is 26.5. The monoisotopic (exact) mass is 518 g/mol. The quantitative estimate of drug-likeness (QED) is 0.501. The molecule has 2 saturated heterocycles. The van der Waals surface area contributed by atoms with Crippen molar-refractivity contribution >= 4 is 5.97 Å². The summed E-state index contributed by atoms with van der Waals surface area (Å²) in [5.74, 6) is 2.43. The van der Waals surface area contributed by atoms with Crippen molar-refractivity contribution in [1.82, 2.24) is 0 Å². The second-order valence-corrected chi connectivity index (χ2v) is 8.79. The lowest BCUT2D eigenvalue weighted by Gasteiger charge is -2.32. The Labute approximate surface area is 212 Å². The number of ether oxygens (including phenoxy) is 11. The van der Waals surface area contributed by atoms with E-state index in [-0.39, 0.29) is 38.3 Å². The zero-order chi connectivity index (χ0) is 25.7. The number of carbonyl (C=O) groups is 1. The molecule has 37 heavy (non-hydrogen) atoms. The van der Waals surface area contributed by atoms with E-state index in [1.165, 1.54) is 21.1 Å². The third-order valence-corrected chi connectivity index (χ3v) is 6.86. The summed E-state index contributed by atoms with van der Waals surface area (Å²) < 4.78 is 63.4. The molecule has 6 rings (SSSR count). The molecule has 0 aliphatic carbocycles. The van der Waals surface area contributed by atoms with Crippen molar-refractivity contribution in [2.24, 2.45) is 5.92 Å². The van der Waals surface area contributed by atoms with E-state index in [2.05, 4.69) is 0 Å². The Morgan fingerprint density at radius 1 is 0.865 bits per heavy atom. The first-order valence-corrected chi connectivity index (χ1v) is 11.6. The van der Waals surface area contributed by atoms with Crippen molar-refractivity contribution in [3.05, 3.63) is 23.8 Å². The SMILES string of the molecule is COc1cc2c(cc1[C@@H]1OC[C@@]3(OC(C)=O)[C@H](Oc4c(OC)cc5c(c4OC)OCO5)OC[C@@H]13)OCO2. The molecule has 2 fully saturated rings. The highest BCUT2D eigenvalue weighted by Crippen LogP contribution is 2.56. The minimum atomic E-state index is -1.27. The molecule has 0 bridgehead atoms. The van der Waals surface area contributed by atoms with Crippen LogP contribution in [0.2, 0.25) is 0 Å². The van der Waals surface area contributed by atoms with E-state index in [0.29, 0.717) is 40.1 Å². The second-order valence-electron chi connectivity index (χ2n) is 8.79. The Balaban J connectivity index is 1.37. The van der Waals surface area contributed by atoms with Crippen LogP contribution in [0.25, 0.3) is 0 Å². The molecule has 0 amide bonds. The Morgan fingerprint density at radius 3 is 2.30 bits per heavy atom. The first kappa shape index (κ1) is 23.6. The molecule has 2 aromatic carbocycles. The van der Waals surface area contributed by atoms with Gasteiger partial charge in [0.2, 0.25) is 42.7 Å². The van der Waals surface area contributed by atoms with Crippen molar-refractivity contribution in [3.8, 4) is 46.0 Å². The molecular weight excluding hydrogens is 492 g/mol. The maximum absolute atomic E-state index is 12.3. The van der Waals surface area contributed by atoms with Crippen LogP contribution in [0.1, 0.15) is 18.6 Å². The van der Waals surface area contributed by atoms with Gasteiger partial charge in [-0.2, -0.15) is 0 Å². The Hall–Kier alpha value is -3.77. The summed E-state index contributed by atoms with van der Waals surface area (Å²) in [5.41, 5.74) is -0.558. The van der Waals surface area contributed by atoms with Gasteiger partial charge in [-0.15, -0.1) is 0 Å². The highest BCUT2D eigenvalue weighted by atomic mass is 16.7. The van der Waals surface area contributed by atoms with Crippen LogP contribution in [0.5, 0.6) is 46.0 Å². The molecule has 0 saturated carbocycles. The number of benzene rings is 2. The Kier molecular flexibility index (Phi) is 5.72. The summed E-state index contributed by atoms with van der Waals surface area (Å²) >= 11 is 0. The lowest BCUT2D eigenvalue weighted by Crippen LogP contribution is -2.50. The molecule has 198 valence electrons. The molecule has 0 N–H and O–H groups in total. The number of esters is 1. The van der Waals surface area contributed by atoms with Crippen molar-refractivity contribution in [3.63, 3.8) is 0 Å². The molecule has 4 atom stereocenters. The van der Waals surface area contributed by atoms with Crippen molar-refractivity contribution in [2.45, 2.75) is 24.9 Å². The highest BCUT2D eigenvalue weighted by molar-refractivity contribution is 5.68. The fraction of sp³-hybridized carbons (Fsp3) is 0.480. The van der Waals surface area contributed by atoms with Crippen LogP contribution in [0.4, 0.5) is 0 Å². The predicted molar refractivity (Wildman–Crippen MR) is 122 cm³/mol. The summed E-state index contributed by atoms with van der Waals surface area (Å²) in [5, 5.41) is 0. The van der Waals surface area contributed by atoms with Gasteiger partial charge in [-0.05, 0) is 6.07 Å².